The second-order valence-corrected chi connectivity index (χ2v) is 10.2. The molecule has 0 aliphatic rings. The number of para-hydroxylation sites is 1. The van der Waals surface area contributed by atoms with Crippen LogP contribution in [-0.2, 0) is 36.6 Å². The molecule has 0 bridgehead atoms. The lowest BCUT2D eigenvalue weighted by Gasteiger charge is -2.26. The van der Waals surface area contributed by atoms with Crippen molar-refractivity contribution in [2.45, 2.75) is 44.7 Å². The van der Waals surface area contributed by atoms with Crippen molar-refractivity contribution in [1.29, 1.82) is 0 Å². The lowest BCUT2D eigenvalue weighted by Crippen LogP contribution is -2.54. The van der Waals surface area contributed by atoms with Gasteiger partial charge in [-0.2, -0.15) is 0 Å². The highest BCUT2D eigenvalue weighted by atomic mass is 31.2. The molecular formula is C26H34N3O10P. The van der Waals surface area contributed by atoms with Crippen LogP contribution in [0, 0.1) is 0 Å². The molecule has 2 aromatic carbocycles. The van der Waals surface area contributed by atoms with Crippen LogP contribution in [0.2, 0.25) is 0 Å². The van der Waals surface area contributed by atoms with Crippen molar-refractivity contribution in [3.63, 3.8) is 0 Å². The SMILES string of the molecule is COc1ccccc1CCN(C)C(=O)[C@@H](CCC(=O)O)NC(=O)[C@H](Cc1ccc(OP(=O)(O)O)cc1)NC(C)=O. The highest BCUT2D eigenvalue weighted by Gasteiger charge is 2.29. The number of carbonyl (C=O) groups excluding carboxylic acids is 3. The first kappa shape index (κ1) is 32.3. The van der Waals surface area contributed by atoms with E-state index in [1.165, 1.54) is 36.1 Å². The number of nitrogens with zero attached hydrogens (tertiary/aromatic N) is 1. The maximum absolute atomic E-state index is 13.2. The Labute approximate surface area is 231 Å². The van der Waals surface area contributed by atoms with Gasteiger partial charge in [-0.1, -0.05) is 30.3 Å². The summed E-state index contributed by atoms with van der Waals surface area (Å²) in [5.74, 6) is -2.27. The smallest absolute Gasteiger partial charge is 0.496 e. The summed E-state index contributed by atoms with van der Waals surface area (Å²) < 4.78 is 20.9. The number of hydrogen-bond donors (Lipinski definition) is 5. The van der Waals surface area contributed by atoms with Crippen LogP contribution in [-0.4, -0.2) is 76.3 Å². The number of carboxylic acid groups (broad SMARTS) is 1. The average Bonchev–Trinajstić information content (AvgIpc) is 2.88. The van der Waals surface area contributed by atoms with Crippen molar-refractivity contribution in [2.75, 3.05) is 20.7 Å². The zero-order chi connectivity index (χ0) is 29.9. The molecule has 13 nitrogen and oxygen atoms in total. The number of methoxy groups -OCH3 is 1. The van der Waals surface area contributed by atoms with E-state index in [0.717, 1.165) is 5.56 Å². The Morgan fingerprint density at radius 1 is 1.00 bits per heavy atom. The summed E-state index contributed by atoms with van der Waals surface area (Å²) in [5.41, 5.74) is 1.40. The number of benzene rings is 2. The molecular weight excluding hydrogens is 545 g/mol. The van der Waals surface area contributed by atoms with E-state index < -0.39 is 43.6 Å². The van der Waals surface area contributed by atoms with Crippen LogP contribution in [0.3, 0.4) is 0 Å². The highest BCUT2D eigenvalue weighted by Crippen LogP contribution is 2.37. The zero-order valence-corrected chi connectivity index (χ0v) is 23.3. The van der Waals surface area contributed by atoms with Crippen molar-refractivity contribution in [3.05, 3.63) is 59.7 Å². The number of rotatable bonds is 15. The molecule has 0 spiro atoms. The number of phosphoric ester groups is 1. The van der Waals surface area contributed by atoms with Gasteiger partial charge in [0.1, 0.15) is 23.6 Å². The van der Waals surface area contributed by atoms with Crippen LogP contribution in [0.25, 0.3) is 0 Å². The van der Waals surface area contributed by atoms with Gasteiger partial charge in [-0.05, 0) is 42.2 Å². The zero-order valence-electron chi connectivity index (χ0n) is 22.4. The molecule has 2 aromatic rings. The number of carbonyl (C=O) groups is 4. The second kappa shape index (κ2) is 15.0. The number of amides is 3. The van der Waals surface area contributed by atoms with E-state index in [1.54, 1.807) is 20.2 Å². The van der Waals surface area contributed by atoms with Gasteiger partial charge in [-0.15, -0.1) is 0 Å². The number of nitrogens with one attached hydrogen (secondary N) is 2. The van der Waals surface area contributed by atoms with Gasteiger partial charge in [0.15, 0.2) is 0 Å². The van der Waals surface area contributed by atoms with Crippen molar-refractivity contribution in [3.8, 4) is 11.5 Å². The predicted molar refractivity (Wildman–Crippen MR) is 144 cm³/mol. The molecule has 0 heterocycles. The van der Waals surface area contributed by atoms with Gasteiger partial charge in [0, 0.05) is 33.4 Å². The molecule has 0 radical (unpaired) electrons. The van der Waals surface area contributed by atoms with Gasteiger partial charge in [-0.3, -0.25) is 29.0 Å². The standard InChI is InChI=1S/C26H34N3O10P/c1-17(30)27-22(16-18-8-10-20(11-9-18)39-40(35,36)37)25(33)28-21(12-13-24(31)32)26(34)29(2)15-14-19-6-4-5-7-23(19)38-3/h4-11,21-22H,12-16H2,1-3H3,(H,27,30)(H,28,33)(H,31,32)(H2,35,36,37)/t21-,22+/m1/s1. The molecule has 0 aliphatic carbocycles. The molecule has 0 fully saturated rings. The summed E-state index contributed by atoms with van der Waals surface area (Å²) in [4.78, 5) is 68.7. The third-order valence-corrected chi connectivity index (χ3v) is 6.28. The normalized spacial score (nSPS) is 12.5. The molecule has 40 heavy (non-hydrogen) atoms. The minimum atomic E-state index is -4.74. The Kier molecular flexibility index (Phi) is 12.1. The van der Waals surface area contributed by atoms with Gasteiger partial charge in [0.25, 0.3) is 0 Å². The molecule has 0 aliphatic heterocycles. The van der Waals surface area contributed by atoms with Crippen LogP contribution >= 0.6 is 7.82 Å². The Morgan fingerprint density at radius 3 is 2.23 bits per heavy atom. The fourth-order valence-electron chi connectivity index (χ4n) is 3.89. The predicted octanol–water partition coefficient (Wildman–Crippen LogP) is 1.26. The van der Waals surface area contributed by atoms with E-state index in [-0.39, 0.29) is 31.6 Å². The van der Waals surface area contributed by atoms with Gasteiger partial charge in [0.05, 0.1) is 7.11 Å². The number of ether oxygens (including phenoxy) is 1. The van der Waals surface area contributed by atoms with E-state index in [4.69, 9.17) is 14.5 Å². The van der Waals surface area contributed by atoms with Crippen LogP contribution in [0.5, 0.6) is 11.5 Å². The van der Waals surface area contributed by atoms with E-state index in [2.05, 4.69) is 15.2 Å². The number of hydrogen-bond acceptors (Lipinski definition) is 7. The summed E-state index contributed by atoms with van der Waals surface area (Å²) in [6, 6.07) is 10.6. The maximum Gasteiger partial charge on any atom is 0.524 e. The van der Waals surface area contributed by atoms with Crippen molar-refractivity contribution < 1.29 is 47.9 Å². The molecule has 14 heteroatoms. The van der Waals surface area contributed by atoms with Crippen LogP contribution in [0.15, 0.2) is 48.5 Å². The topological polar surface area (TPSA) is 192 Å². The van der Waals surface area contributed by atoms with Gasteiger partial charge < -0.3 is 29.9 Å². The summed E-state index contributed by atoms with van der Waals surface area (Å²) in [7, 11) is -1.66. The third-order valence-electron chi connectivity index (χ3n) is 5.83. The molecule has 2 atom stereocenters. The second-order valence-electron chi connectivity index (χ2n) is 9.00. The highest BCUT2D eigenvalue weighted by molar-refractivity contribution is 7.46. The molecule has 0 saturated carbocycles. The first-order valence-corrected chi connectivity index (χ1v) is 13.8. The number of likely N-dealkylation sites (N-methyl/N-ethyl adjacent to an activating group) is 1. The summed E-state index contributed by atoms with van der Waals surface area (Å²) >= 11 is 0. The lowest BCUT2D eigenvalue weighted by atomic mass is 10.0. The fraction of sp³-hybridized carbons (Fsp3) is 0.385. The average molecular weight is 580 g/mol. The molecule has 2 rings (SSSR count). The lowest BCUT2D eigenvalue weighted by molar-refractivity contribution is -0.139. The Bertz CT molecular complexity index is 1230. The summed E-state index contributed by atoms with van der Waals surface area (Å²) in [6.45, 7) is 1.49. The van der Waals surface area contributed by atoms with Gasteiger partial charge in [0.2, 0.25) is 17.7 Å². The van der Waals surface area contributed by atoms with E-state index in [9.17, 15) is 28.8 Å². The molecule has 218 valence electrons. The van der Waals surface area contributed by atoms with Crippen molar-refractivity contribution >= 4 is 31.5 Å². The van der Waals surface area contributed by atoms with Gasteiger partial charge in [-0.25, -0.2) is 4.57 Å². The minimum Gasteiger partial charge on any atom is -0.496 e. The molecule has 5 N–H and O–H groups in total. The largest absolute Gasteiger partial charge is 0.524 e. The van der Waals surface area contributed by atoms with E-state index in [1.807, 2.05) is 18.2 Å². The third kappa shape index (κ3) is 11.0. The van der Waals surface area contributed by atoms with Crippen LogP contribution in [0.4, 0.5) is 0 Å². The van der Waals surface area contributed by atoms with Crippen molar-refractivity contribution in [1.82, 2.24) is 15.5 Å². The van der Waals surface area contributed by atoms with Crippen LogP contribution in [0.1, 0.15) is 30.9 Å². The molecule has 0 unspecified atom stereocenters. The molecule has 3 amide bonds. The molecule has 0 aromatic heterocycles. The first-order valence-electron chi connectivity index (χ1n) is 12.3. The summed E-state index contributed by atoms with van der Waals surface area (Å²) in [5, 5.41) is 14.3. The number of aliphatic carboxylic acids is 1. The quantitative estimate of drug-likeness (QED) is 0.192. The maximum atomic E-state index is 13.2. The van der Waals surface area contributed by atoms with E-state index in [0.29, 0.717) is 17.7 Å². The van der Waals surface area contributed by atoms with E-state index >= 15 is 0 Å². The van der Waals surface area contributed by atoms with Crippen LogP contribution < -0.4 is 19.9 Å². The summed E-state index contributed by atoms with van der Waals surface area (Å²) in [6.07, 6.45) is -0.101. The number of phosphoric acid groups is 1. The number of carboxylic acids is 1. The van der Waals surface area contributed by atoms with Gasteiger partial charge >= 0.3 is 13.8 Å². The fourth-order valence-corrected chi connectivity index (χ4v) is 4.28. The Hall–Kier alpha value is -3.93. The first-order chi connectivity index (χ1) is 18.8. The van der Waals surface area contributed by atoms with Crippen molar-refractivity contribution in [2.24, 2.45) is 0 Å². The Morgan fingerprint density at radius 2 is 1.65 bits per heavy atom. The molecule has 0 saturated heterocycles. The monoisotopic (exact) mass is 579 g/mol. The Balaban J connectivity index is 2.15. The minimum absolute atomic E-state index is 0.0227.